The van der Waals surface area contributed by atoms with Gasteiger partial charge in [0.2, 0.25) is 0 Å². The van der Waals surface area contributed by atoms with Gasteiger partial charge in [-0.25, -0.2) is 14.8 Å². The molecule has 0 saturated carbocycles. The number of fused-ring (bicyclic) bond motifs is 1. The van der Waals surface area contributed by atoms with Gasteiger partial charge in [-0.1, -0.05) is 0 Å². The van der Waals surface area contributed by atoms with E-state index in [1.807, 2.05) is 0 Å². The number of nitrogens with zero attached hydrogens (tertiary/aromatic N) is 2. The van der Waals surface area contributed by atoms with Crippen LogP contribution in [0.3, 0.4) is 0 Å². The van der Waals surface area contributed by atoms with Gasteiger partial charge in [-0.15, -0.1) is 0 Å². The minimum Gasteiger partial charge on any atom is -0.449 e. The van der Waals surface area contributed by atoms with Gasteiger partial charge in [-0.2, -0.15) is 0 Å². The Labute approximate surface area is 79.0 Å². The van der Waals surface area contributed by atoms with E-state index < -0.39 is 6.16 Å². The molecule has 0 radical (unpaired) electrons. The van der Waals surface area contributed by atoms with Gasteiger partial charge >= 0.3 is 6.16 Å². The molecule has 70 valence electrons. The van der Waals surface area contributed by atoms with Crippen LogP contribution in [0.1, 0.15) is 0 Å². The molecule has 0 atom stereocenters. The van der Waals surface area contributed by atoms with Crippen molar-refractivity contribution < 1.29 is 14.6 Å². The molecule has 1 heterocycles. The second-order valence-electron chi connectivity index (χ2n) is 2.61. The van der Waals surface area contributed by atoms with E-state index in [1.54, 1.807) is 24.4 Å². The van der Waals surface area contributed by atoms with Crippen molar-refractivity contribution in [3.63, 3.8) is 0 Å². The average molecular weight is 190 g/mol. The quantitative estimate of drug-likeness (QED) is 0.547. The maximum Gasteiger partial charge on any atom is 0.511 e. The molecule has 1 aromatic heterocycles. The van der Waals surface area contributed by atoms with E-state index in [9.17, 15) is 4.79 Å². The third-order valence-electron chi connectivity index (χ3n) is 1.68. The summed E-state index contributed by atoms with van der Waals surface area (Å²) in [5, 5.41) is 9.13. The molecule has 5 nitrogen and oxygen atoms in total. The number of aromatic nitrogens is 2. The number of ether oxygens (including phenoxy) is 1. The van der Waals surface area contributed by atoms with Crippen LogP contribution in [0.4, 0.5) is 4.79 Å². The molecule has 0 aliphatic carbocycles. The zero-order valence-corrected chi connectivity index (χ0v) is 7.04. The Hall–Kier alpha value is -2.17. The lowest BCUT2D eigenvalue weighted by molar-refractivity contribution is 0.144. The number of carboxylic acid groups (broad SMARTS) is 1. The van der Waals surface area contributed by atoms with Crippen molar-refractivity contribution >= 4 is 17.1 Å². The second-order valence-corrected chi connectivity index (χ2v) is 2.61. The Morgan fingerprint density at radius 2 is 2.29 bits per heavy atom. The standard InChI is InChI=1S/C9H6N2O3/c12-9(13)14-7-1-2-8-6(3-7)4-10-5-11-8/h1-5H,(H,12,13). The predicted molar refractivity (Wildman–Crippen MR) is 48.2 cm³/mol. The van der Waals surface area contributed by atoms with Crippen molar-refractivity contribution in [3.8, 4) is 5.75 Å². The van der Waals surface area contributed by atoms with Gasteiger partial charge in [0.1, 0.15) is 12.1 Å². The lowest BCUT2D eigenvalue weighted by atomic mass is 10.2. The van der Waals surface area contributed by atoms with Crippen LogP contribution in [0.25, 0.3) is 10.9 Å². The summed E-state index contributed by atoms with van der Waals surface area (Å²) in [7, 11) is 0. The number of rotatable bonds is 1. The highest BCUT2D eigenvalue weighted by atomic mass is 16.7. The van der Waals surface area contributed by atoms with Crippen LogP contribution < -0.4 is 4.74 Å². The van der Waals surface area contributed by atoms with E-state index in [-0.39, 0.29) is 5.75 Å². The Morgan fingerprint density at radius 3 is 3.07 bits per heavy atom. The fraction of sp³-hybridized carbons (Fsp3) is 0. The summed E-state index contributed by atoms with van der Waals surface area (Å²) in [5.41, 5.74) is 0.748. The SMILES string of the molecule is O=C(O)Oc1ccc2ncncc2c1. The highest BCUT2D eigenvalue weighted by Crippen LogP contribution is 2.17. The van der Waals surface area contributed by atoms with Crippen LogP contribution in [0.5, 0.6) is 5.75 Å². The van der Waals surface area contributed by atoms with Crippen LogP contribution >= 0.6 is 0 Å². The van der Waals surface area contributed by atoms with Gasteiger partial charge in [0, 0.05) is 11.6 Å². The number of benzene rings is 1. The number of hydrogen-bond acceptors (Lipinski definition) is 4. The molecule has 5 heteroatoms. The lowest BCUT2D eigenvalue weighted by Gasteiger charge is -2.00. The minimum atomic E-state index is -1.33. The van der Waals surface area contributed by atoms with Gasteiger partial charge in [0.25, 0.3) is 0 Å². The zero-order valence-electron chi connectivity index (χ0n) is 7.04. The Morgan fingerprint density at radius 1 is 1.43 bits per heavy atom. The van der Waals surface area contributed by atoms with Crippen molar-refractivity contribution in [1.29, 1.82) is 0 Å². The summed E-state index contributed by atoms with van der Waals surface area (Å²) < 4.78 is 4.48. The van der Waals surface area contributed by atoms with Gasteiger partial charge in [0.05, 0.1) is 5.52 Å². The maximum absolute atomic E-state index is 10.3. The first-order chi connectivity index (χ1) is 6.75. The number of carbonyl (C=O) groups is 1. The molecule has 0 bridgehead atoms. The fourth-order valence-electron chi connectivity index (χ4n) is 1.13. The van der Waals surface area contributed by atoms with Gasteiger partial charge < -0.3 is 9.84 Å². The third-order valence-corrected chi connectivity index (χ3v) is 1.68. The summed E-state index contributed by atoms with van der Waals surface area (Å²) in [6.07, 6.45) is 1.69. The normalized spacial score (nSPS) is 10.0. The van der Waals surface area contributed by atoms with Crippen LogP contribution in [0.15, 0.2) is 30.7 Å². The summed E-state index contributed by atoms with van der Waals surface area (Å²) in [6, 6.07) is 4.79. The van der Waals surface area contributed by atoms with E-state index in [2.05, 4.69) is 14.7 Å². The average Bonchev–Trinajstić information content (AvgIpc) is 2.17. The molecule has 2 rings (SSSR count). The van der Waals surface area contributed by atoms with Crippen LogP contribution in [0, 0.1) is 0 Å². The van der Waals surface area contributed by atoms with Crippen LogP contribution in [0.2, 0.25) is 0 Å². The van der Waals surface area contributed by atoms with E-state index in [0.29, 0.717) is 0 Å². The molecule has 14 heavy (non-hydrogen) atoms. The second kappa shape index (κ2) is 3.29. The molecular formula is C9H6N2O3. The van der Waals surface area contributed by atoms with Crippen LogP contribution in [-0.2, 0) is 0 Å². The van der Waals surface area contributed by atoms with Crippen molar-refractivity contribution in [2.45, 2.75) is 0 Å². The molecule has 1 aromatic carbocycles. The van der Waals surface area contributed by atoms with E-state index in [4.69, 9.17) is 5.11 Å². The summed E-state index contributed by atoms with van der Waals surface area (Å²) in [6.45, 7) is 0. The molecule has 0 aliphatic heterocycles. The highest BCUT2D eigenvalue weighted by molar-refractivity contribution is 5.79. The smallest absolute Gasteiger partial charge is 0.449 e. The van der Waals surface area contributed by atoms with Crippen LogP contribution in [-0.4, -0.2) is 21.2 Å². The molecule has 0 spiro atoms. The largest absolute Gasteiger partial charge is 0.511 e. The van der Waals surface area contributed by atoms with E-state index >= 15 is 0 Å². The molecule has 0 amide bonds. The molecule has 0 saturated heterocycles. The Balaban J connectivity index is 2.46. The van der Waals surface area contributed by atoms with Gasteiger partial charge in [-0.05, 0) is 18.2 Å². The molecule has 2 aromatic rings. The molecular weight excluding hydrogens is 184 g/mol. The zero-order chi connectivity index (χ0) is 9.97. The van der Waals surface area contributed by atoms with Gasteiger partial charge in [0.15, 0.2) is 0 Å². The first-order valence-corrected chi connectivity index (χ1v) is 3.86. The maximum atomic E-state index is 10.3. The minimum absolute atomic E-state index is 0.264. The Kier molecular flexibility index (Phi) is 1.98. The topological polar surface area (TPSA) is 72.3 Å². The van der Waals surface area contributed by atoms with Crippen molar-refractivity contribution in [3.05, 3.63) is 30.7 Å². The molecule has 0 fully saturated rings. The first-order valence-electron chi connectivity index (χ1n) is 3.86. The van der Waals surface area contributed by atoms with Crippen molar-refractivity contribution in [2.75, 3.05) is 0 Å². The molecule has 0 aliphatic rings. The predicted octanol–water partition coefficient (Wildman–Crippen LogP) is 1.69. The fourth-order valence-corrected chi connectivity index (χ4v) is 1.13. The molecule has 1 N–H and O–H groups in total. The monoisotopic (exact) mass is 190 g/mol. The third kappa shape index (κ3) is 1.61. The van der Waals surface area contributed by atoms with Crippen molar-refractivity contribution in [1.82, 2.24) is 9.97 Å². The van der Waals surface area contributed by atoms with E-state index in [0.717, 1.165) is 10.9 Å². The summed E-state index contributed by atoms with van der Waals surface area (Å²) in [5.74, 6) is 0.264. The van der Waals surface area contributed by atoms with E-state index in [1.165, 1.54) is 6.33 Å². The lowest BCUT2D eigenvalue weighted by Crippen LogP contribution is -2.02. The first kappa shape index (κ1) is 8.43. The Bertz CT molecular complexity index is 484. The summed E-state index contributed by atoms with van der Waals surface area (Å²) >= 11 is 0. The number of hydrogen-bond donors (Lipinski definition) is 1. The molecule has 0 unspecified atom stereocenters. The summed E-state index contributed by atoms with van der Waals surface area (Å²) in [4.78, 5) is 18.1. The van der Waals surface area contributed by atoms with Gasteiger partial charge in [-0.3, -0.25) is 0 Å². The highest BCUT2D eigenvalue weighted by Gasteiger charge is 2.01. The van der Waals surface area contributed by atoms with Crippen molar-refractivity contribution in [2.24, 2.45) is 0 Å².